The summed E-state index contributed by atoms with van der Waals surface area (Å²) in [6, 6.07) is 5.26. The second-order valence-electron chi connectivity index (χ2n) is 9.57. The van der Waals surface area contributed by atoms with Crippen LogP contribution in [0.3, 0.4) is 0 Å². The van der Waals surface area contributed by atoms with Crippen LogP contribution in [0.5, 0.6) is 0 Å². The molecule has 4 N–H and O–H groups in total. The van der Waals surface area contributed by atoms with Crippen LogP contribution in [0.4, 0.5) is 5.69 Å². The zero-order valence-electron chi connectivity index (χ0n) is 19.3. The Labute approximate surface area is 206 Å². The summed E-state index contributed by atoms with van der Waals surface area (Å²) in [6.45, 7) is 5.76. The third-order valence-corrected chi connectivity index (χ3v) is 8.08. The van der Waals surface area contributed by atoms with Crippen LogP contribution < -0.4 is 10.6 Å². The van der Waals surface area contributed by atoms with Crippen LogP contribution in [-0.4, -0.2) is 55.4 Å². The molecule has 8 nitrogen and oxygen atoms in total. The third-order valence-electron chi connectivity index (χ3n) is 6.93. The van der Waals surface area contributed by atoms with Gasteiger partial charge >= 0.3 is 0 Å². The minimum atomic E-state index is -1.42. The van der Waals surface area contributed by atoms with Gasteiger partial charge in [-0.15, -0.1) is 11.3 Å². The average molecular weight is 500 g/mol. The van der Waals surface area contributed by atoms with E-state index < -0.39 is 23.2 Å². The third kappa shape index (κ3) is 3.40. The maximum atomic E-state index is 12.4. The molecule has 0 bridgehead atoms. The van der Waals surface area contributed by atoms with Gasteiger partial charge in [0.25, 0.3) is 0 Å². The first-order chi connectivity index (χ1) is 16.1. The number of carbonyl (C=O) groups is 1. The van der Waals surface area contributed by atoms with Crippen LogP contribution in [0, 0.1) is 23.2 Å². The molecule has 2 saturated carbocycles. The summed E-state index contributed by atoms with van der Waals surface area (Å²) >= 11 is 7.41. The van der Waals surface area contributed by atoms with Crippen LogP contribution in [0.1, 0.15) is 43.8 Å². The molecule has 3 aromatic rings. The molecule has 0 unspecified atom stereocenters. The Kier molecular flexibility index (Phi) is 5.41. The van der Waals surface area contributed by atoms with Gasteiger partial charge in [-0.2, -0.15) is 0 Å². The molecule has 3 heterocycles. The molecule has 0 aromatic carbocycles. The molecule has 1 amide bonds. The molecule has 0 aliphatic heterocycles. The van der Waals surface area contributed by atoms with Crippen molar-refractivity contribution >= 4 is 45.7 Å². The largest absolute Gasteiger partial charge is 0.389 e. The van der Waals surface area contributed by atoms with E-state index in [0.717, 1.165) is 10.6 Å². The summed E-state index contributed by atoms with van der Waals surface area (Å²) < 4.78 is 2.48. The normalized spacial score (nSPS) is 29.6. The number of aromatic nitrogens is 3. The van der Waals surface area contributed by atoms with E-state index in [1.165, 1.54) is 18.4 Å². The number of aliphatic hydroxyl groups excluding tert-OH is 1. The Bertz CT molecular complexity index is 1360. The molecule has 178 valence electrons. The number of rotatable bonds is 4. The highest BCUT2D eigenvalue weighted by molar-refractivity contribution is 7.16. The Balaban J connectivity index is 1.55. The van der Waals surface area contributed by atoms with E-state index in [1.807, 2.05) is 30.5 Å². The second kappa shape index (κ2) is 7.95. The smallest absolute Gasteiger partial charge is 0.228 e. The number of nitrogens with one attached hydrogen (secondary N) is 2. The first-order valence-electron chi connectivity index (χ1n) is 11.1. The summed E-state index contributed by atoms with van der Waals surface area (Å²) in [5, 5.41) is 28.4. The minimum Gasteiger partial charge on any atom is -0.389 e. The lowest BCUT2D eigenvalue weighted by atomic mass is 9.80. The number of carbonyl (C=O) groups excluding carboxylic acids is 1. The number of anilines is 1. The number of thiophene rings is 1. The molecule has 5 rings (SSSR count). The molecule has 0 spiro atoms. The van der Waals surface area contributed by atoms with Crippen molar-refractivity contribution in [2.75, 3.05) is 12.4 Å². The van der Waals surface area contributed by atoms with E-state index >= 15 is 0 Å². The first-order valence-corrected chi connectivity index (χ1v) is 12.3. The Morgan fingerprint density at radius 2 is 2.15 bits per heavy atom. The van der Waals surface area contributed by atoms with Crippen molar-refractivity contribution < 1.29 is 15.0 Å². The van der Waals surface area contributed by atoms with Gasteiger partial charge in [0.2, 0.25) is 5.91 Å². The molecule has 0 saturated heterocycles. The van der Waals surface area contributed by atoms with E-state index in [2.05, 4.69) is 27.5 Å². The number of amides is 1. The Hall–Kier alpha value is -2.64. The standard InChI is InChI=1S/C24H26ClN5O3S/c1-12(2)28-16-9-13(5-6-14-7-8-17(25)34-14)29-20-18(16)27-11-30(20)19-15-10-23(3,22(32)26-4)21(31)24(15,19)33/h7-9,11-12,15,19,21,31,33H,10H2,1-4H3,(H,26,32)(H,28,29)/t15-,19+,21+,23-,24+/m0/s1. The molecule has 3 aromatic heterocycles. The first kappa shape index (κ1) is 23.1. The topological polar surface area (TPSA) is 112 Å². The number of halogens is 1. The van der Waals surface area contributed by atoms with Gasteiger partial charge in [0, 0.05) is 19.0 Å². The van der Waals surface area contributed by atoms with Gasteiger partial charge in [0.1, 0.15) is 16.8 Å². The molecule has 0 radical (unpaired) electrons. The number of aliphatic hydroxyl groups is 2. The number of fused-ring (bicyclic) bond motifs is 2. The highest BCUT2D eigenvalue weighted by atomic mass is 35.5. The molecular weight excluding hydrogens is 474 g/mol. The van der Waals surface area contributed by atoms with Crippen LogP contribution in [-0.2, 0) is 4.79 Å². The molecule has 2 aliphatic carbocycles. The van der Waals surface area contributed by atoms with Gasteiger partial charge < -0.3 is 25.4 Å². The van der Waals surface area contributed by atoms with Gasteiger partial charge in [-0.05, 0) is 57.2 Å². The lowest BCUT2D eigenvalue weighted by Gasteiger charge is -2.32. The fraction of sp³-hybridized carbons (Fsp3) is 0.458. The Morgan fingerprint density at radius 3 is 2.74 bits per heavy atom. The lowest BCUT2D eigenvalue weighted by Crippen LogP contribution is -2.49. The van der Waals surface area contributed by atoms with E-state index in [1.54, 1.807) is 19.3 Å². The van der Waals surface area contributed by atoms with Crippen molar-refractivity contribution in [2.24, 2.45) is 11.3 Å². The number of imidazole rings is 1. The van der Waals surface area contributed by atoms with E-state index in [-0.39, 0.29) is 17.9 Å². The summed E-state index contributed by atoms with van der Waals surface area (Å²) in [6.07, 6.45) is 0.807. The summed E-state index contributed by atoms with van der Waals surface area (Å²) in [5.74, 6) is 5.64. The zero-order chi connectivity index (χ0) is 24.4. The van der Waals surface area contributed by atoms with Crippen LogP contribution in [0.25, 0.3) is 11.2 Å². The average Bonchev–Trinajstić information content (AvgIpc) is 3.16. The highest BCUT2D eigenvalue weighted by Gasteiger charge is 2.79. The number of hydrogen-bond donors (Lipinski definition) is 4. The van der Waals surface area contributed by atoms with Crippen LogP contribution in [0.2, 0.25) is 4.34 Å². The Morgan fingerprint density at radius 1 is 1.38 bits per heavy atom. The maximum absolute atomic E-state index is 12.4. The molecule has 5 atom stereocenters. The fourth-order valence-electron chi connectivity index (χ4n) is 5.29. The monoisotopic (exact) mass is 499 g/mol. The fourth-order valence-corrected chi connectivity index (χ4v) is 6.18. The quantitative estimate of drug-likeness (QED) is 0.411. The van der Waals surface area contributed by atoms with Crippen LogP contribution in [0.15, 0.2) is 24.5 Å². The van der Waals surface area contributed by atoms with E-state index in [9.17, 15) is 15.0 Å². The summed E-state index contributed by atoms with van der Waals surface area (Å²) in [4.78, 5) is 22.5. The molecular formula is C24H26ClN5O3S. The van der Waals surface area contributed by atoms with Crippen molar-refractivity contribution in [1.82, 2.24) is 19.9 Å². The van der Waals surface area contributed by atoms with Gasteiger partial charge in [-0.3, -0.25) is 4.79 Å². The predicted molar refractivity (Wildman–Crippen MR) is 132 cm³/mol. The van der Waals surface area contributed by atoms with Gasteiger partial charge in [-0.1, -0.05) is 11.6 Å². The van der Waals surface area contributed by atoms with E-state index in [0.29, 0.717) is 27.6 Å². The second-order valence-corrected chi connectivity index (χ2v) is 11.3. The molecule has 34 heavy (non-hydrogen) atoms. The molecule has 2 aliphatic rings. The number of nitrogens with zero attached hydrogens (tertiary/aromatic N) is 3. The summed E-state index contributed by atoms with van der Waals surface area (Å²) in [7, 11) is 1.54. The number of hydrogen-bond acceptors (Lipinski definition) is 7. The molecule has 10 heteroatoms. The van der Waals surface area contributed by atoms with Crippen molar-refractivity contribution in [3.63, 3.8) is 0 Å². The van der Waals surface area contributed by atoms with E-state index in [4.69, 9.17) is 16.6 Å². The van der Waals surface area contributed by atoms with Crippen molar-refractivity contribution in [2.45, 2.75) is 51.0 Å². The van der Waals surface area contributed by atoms with Gasteiger partial charge in [-0.25, -0.2) is 9.97 Å². The van der Waals surface area contributed by atoms with Crippen molar-refractivity contribution in [1.29, 1.82) is 0 Å². The highest BCUT2D eigenvalue weighted by Crippen LogP contribution is 2.69. The van der Waals surface area contributed by atoms with Crippen molar-refractivity contribution in [3.8, 4) is 11.8 Å². The number of pyridine rings is 1. The molecule has 2 fully saturated rings. The van der Waals surface area contributed by atoms with Crippen LogP contribution >= 0.6 is 22.9 Å². The lowest BCUT2D eigenvalue weighted by molar-refractivity contribution is -0.140. The maximum Gasteiger partial charge on any atom is 0.228 e. The minimum absolute atomic E-state index is 0.159. The van der Waals surface area contributed by atoms with Gasteiger partial charge in [0.15, 0.2) is 5.65 Å². The SMILES string of the molecule is CNC(=O)[C@@]1(C)C[C@H]2[C@@H](n3cnc4c(NC(C)C)cc(C#Cc5ccc(Cl)s5)nc43)[C@@]2(O)[C@@H]1O. The predicted octanol–water partition coefficient (Wildman–Crippen LogP) is 2.79. The van der Waals surface area contributed by atoms with Crippen molar-refractivity contribution in [3.05, 3.63) is 39.4 Å². The zero-order valence-corrected chi connectivity index (χ0v) is 20.8. The summed E-state index contributed by atoms with van der Waals surface area (Å²) in [5.41, 5.74) is 0.113. The van der Waals surface area contributed by atoms with Gasteiger partial charge in [0.05, 0.1) is 38.8 Å².